The zero-order valence-electron chi connectivity index (χ0n) is 51.3. The second kappa shape index (κ2) is 37.5. The SMILES string of the molecule is CCCCNc1cc(C(=O)O)cc(S(N)(=O)=O)c1Oc1ccccc1.C[C@@H]1[C@H](O)[C@@H](C)/C=C/C=C/C=C/C=C/C=C/C=C/C=C/[C@H](O[C@@H]2O[C@H](C)[C@@H](O)[C@H](N)[C@@H]2O)C[C@@H]2O[C@](O)(C[C@@H](O)C[C@@H](O)[C@H](O)CC[C@@H](O)C[C@@H](O)CC(=O)O[C@H]1C)C[C@H](O)[C@H]2C(=O)O. The number of benzene rings is 2. The van der Waals surface area contributed by atoms with Crippen molar-refractivity contribution < 1.29 is 108 Å². The number of nitrogens with one attached hydrogen (secondary N) is 1. The summed E-state index contributed by atoms with van der Waals surface area (Å²) < 4.78 is 52.8. The molecule has 502 valence electrons. The van der Waals surface area contributed by atoms with Crippen LogP contribution in [0, 0.1) is 17.8 Å². The van der Waals surface area contributed by atoms with Crippen molar-refractivity contribution in [3.63, 3.8) is 0 Å². The van der Waals surface area contributed by atoms with Gasteiger partial charge in [0.15, 0.2) is 17.8 Å². The molecule has 0 unspecified atom stereocenters. The van der Waals surface area contributed by atoms with Crippen LogP contribution >= 0.6 is 0 Å². The van der Waals surface area contributed by atoms with Crippen LogP contribution in [-0.4, -0.2) is 192 Å². The van der Waals surface area contributed by atoms with Crippen LogP contribution in [0.25, 0.3) is 0 Å². The number of ether oxygens (including phenoxy) is 5. The molecule has 0 aliphatic carbocycles. The van der Waals surface area contributed by atoms with Gasteiger partial charge in [-0.25, -0.2) is 18.4 Å². The number of sulfonamides is 1. The third-order valence-electron chi connectivity index (χ3n) is 15.4. The van der Waals surface area contributed by atoms with Gasteiger partial charge in [-0.15, -0.1) is 0 Å². The van der Waals surface area contributed by atoms with Crippen LogP contribution in [0.3, 0.4) is 0 Å². The van der Waals surface area contributed by atoms with E-state index < -0.39 is 163 Å². The molecule has 2 fully saturated rings. The van der Waals surface area contributed by atoms with E-state index in [1.165, 1.54) is 19.1 Å². The number of anilines is 1. The lowest BCUT2D eigenvalue weighted by atomic mass is 9.82. The highest BCUT2D eigenvalue weighted by molar-refractivity contribution is 7.89. The summed E-state index contributed by atoms with van der Waals surface area (Å²) >= 11 is 0. The average molecular weight is 1290 g/mol. The highest BCUT2D eigenvalue weighted by atomic mass is 32.2. The molecular weight excluding hydrogens is 1190 g/mol. The molecule has 2 saturated heterocycles. The zero-order chi connectivity index (χ0) is 66.9. The fourth-order valence-corrected chi connectivity index (χ4v) is 10.9. The van der Waals surface area contributed by atoms with E-state index in [4.69, 9.17) is 34.6 Å². The van der Waals surface area contributed by atoms with Crippen LogP contribution < -0.4 is 20.9 Å². The molecule has 17 N–H and O–H groups in total. The summed E-state index contributed by atoms with van der Waals surface area (Å²) in [5.41, 5.74) is 6.09. The van der Waals surface area contributed by atoms with E-state index in [0.29, 0.717) is 12.3 Å². The quantitative estimate of drug-likeness (QED) is 0.112. The molecule has 19 atom stereocenters. The number of hydrogen-bond donors (Lipinski definition) is 15. The summed E-state index contributed by atoms with van der Waals surface area (Å²) in [6.45, 7) is 9.29. The molecule has 0 radical (unpaired) electrons. The number of aliphatic carboxylic acids is 1. The fourth-order valence-electron chi connectivity index (χ4n) is 10.1. The first kappa shape index (κ1) is 76.4. The molecule has 0 spiro atoms. The largest absolute Gasteiger partial charge is 0.481 e. The molecule has 2 bridgehead atoms. The molecule has 0 saturated carbocycles. The summed E-state index contributed by atoms with van der Waals surface area (Å²) in [5.74, 6) is -7.69. The van der Waals surface area contributed by atoms with Gasteiger partial charge in [-0.05, 0) is 63.8 Å². The maximum Gasteiger partial charge on any atom is 0.335 e. The molecule has 25 nitrogen and oxygen atoms in total. The molecule has 3 heterocycles. The summed E-state index contributed by atoms with van der Waals surface area (Å²) in [6, 6.07) is 9.78. The smallest absolute Gasteiger partial charge is 0.335 e. The lowest BCUT2D eigenvalue weighted by Gasteiger charge is -2.45. The van der Waals surface area contributed by atoms with Crippen molar-refractivity contribution in [3.8, 4) is 11.5 Å². The Balaban J connectivity index is 0.000000573. The number of allylic oxidation sites excluding steroid dienone is 12. The summed E-state index contributed by atoms with van der Waals surface area (Å²) in [5, 5.41) is 136. The zero-order valence-corrected chi connectivity index (χ0v) is 52.1. The van der Waals surface area contributed by atoms with Crippen molar-refractivity contribution in [2.45, 2.75) is 201 Å². The molecule has 0 amide bonds. The molecule has 3 aliphatic heterocycles. The van der Waals surface area contributed by atoms with Crippen molar-refractivity contribution in [1.29, 1.82) is 0 Å². The monoisotopic (exact) mass is 1290 g/mol. The van der Waals surface area contributed by atoms with Gasteiger partial charge >= 0.3 is 17.9 Å². The second-order valence-corrected chi connectivity index (χ2v) is 24.5. The number of unbranched alkanes of at least 4 members (excludes halogenated alkanes) is 1. The number of primary sulfonamides is 1. The van der Waals surface area contributed by atoms with Gasteiger partial charge in [0.1, 0.15) is 28.8 Å². The predicted molar refractivity (Wildman–Crippen MR) is 332 cm³/mol. The van der Waals surface area contributed by atoms with Gasteiger partial charge in [-0.1, -0.05) is 130 Å². The maximum atomic E-state index is 12.6. The predicted octanol–water partition coefficient (Wildman–Crippen LogP) is 3.75. The molecular formula is C64H93N3O22S. The van der Waals surface area contributed by atoms with Gasteiger partial charge in [-0.2, -0.15) is 0 Å². The number of nitrogens with two attached hydrogens (primary N) is 2. The van der Waals surface area contributed by atoms with Gasteiger partial charge < -0.3 is 96.0 Å². The molecule has 3 aliphatic rings. The summed E-state index contributed by atoms with van der Waals surface area (Å²) in [7, 11) is -4.19. The first-order valence-corrected chi connectivity index (χ1v) is 31.6. The van der Waals surface area contributed by atoms with E-state index in [9.17, 15) is 84.1 Å². The Morgan fingerprint density at radius 2 is 1.31 bits per heavy atom. The van der Waals surface area contributed by atoms with Gasteiger partial charge in [-0.3, -0.25) is 9.59 Å². The Hall–Kier alpha value is -6.02. The van der Waals surface area contributed by atoms with Crippen LogP contribution in [0.1, 0.15) is 109 Å². The lowest BCUT2D eigenvalue weighted by Crippen LogP contribution is -2.61. The number of carboxylic acids is 2. The van der Waals surface area contributed by atoms with E-state index >= 15 is 0 Å². The Morgan fingerprint density at radius 1 is 0.711 bits per heavy atom. The Bertz CT molecular complexity index is 2890. The number of aromatic carboxylic acids is 1. The number of hydrogen-bond acceptors (Lipinski definition) is 22. The Morgan fingerprint density at radius 3 is 1.89 bits per heavy atom. The van der Waals surface area contributed by atoms with E-state index in [2.05, 4.69) is 5.32 Å². The van der Waals surface area contributed by atoms with Crippen molar-refractivity contribution >= 4 is 33.6 Å². The minimum absolute atomic E-state index is 0.0187. The average Bonchev–Trinajstić information content (AvgIpc) is 0.866. The normalized spacial score (nSPS) is 35.9. The Labute approximate surface area is 525 Å². The van der Waals surface area contributed by atoms with Crippen LogP contribution in [0.4, 0.5) is 5.69 Å². The number of cyclic esters (lactones) is 1. The van der Waals surface area contributed by atoms with Crippen molar-refractivity contribution in [2.75, 3.05) is 11.9 Å². The number of carboxylic acid groups (broad SMARTS) is 2. The minimum Gasteiger partial charge on any atom is -0.481 e. The van der Waals surface area contributed by atoms with E-state index in [1.54, 1.807) is 111 Å². The van der Waals surface area contributed by atoms with Crippen LogP contribution in [0.2, 0.25) is 0 Å². The molecule has 5 rings (SSSR count). The number of carbonyl (C=O) groups is 3. The maximum absolute atomic E-state index is 12.6. The first-order chi connectivity index (χ1) is 42.4. The summed E-state index contributed by atoms with van der Waals surface area (Å²) in [4.78, 5) is 36.0. The molecule has 90 heavy (non-hydrogen) atoms. The molecule has 2 aromatic rings. The fraction of sp³-hybridized carbons (Fsp3) is 0.547. The van der Waals surface area contributed by atoms with Gasteiger partial charge in [0.2, 0.25) is 10.0 Å². The number of esters is 1. The standard InChI is InChI=1S/C47H73NO17.C17H20N2O5S/c1-27-17-15-13-11-9-7-5-6-8-10-12-14-16-18-34(64-46-44(58)41(48)43(57)30(4)63-46)24-38-40(45(59)60)37(54)26-47(61,65-38)25-33(51)22-36(53)35(52)20-19-31(49)21-32(50)23-39(55)62-29(3)28(2)42(27)56;1-2-3-9-19-14-10-12(17(20)21)11-15(25(18,22)23)16(14)24-13-7-5-4-6-8-13/h5-18,27-38,40-44,46,49-54,56-58,61H,19-26,48H2,1-4H3,(H,59,60);4-8,10-11,19H,2-3,9H2,1H3,(H,20,21)(H2,18,22,23)/b6-5+,9-7+,10-8+,13-11+,14-12+,17-15+,18-16+;/t27-,28-,29-,30+,31+,32+,33-,34-,35+,36+,37-,38-,40+,41-,42+,43+,44-,46-,47+;/m0./s1. The van der Waals surface area contributed by atoms with Gasteiger partial charge in [0, 0.05) is 44.1 Å². The minimum atomic E-state index is -4.19. The molecule has 2 aromatic carbocycles. The van der Waals surface area contributed by atoms with Crippen LogP contribution in [0.5, 0.6) is 11.5 Å². The first-order valence-electron chi connectivity index (χ1n) is 30.1. The van der Waals surface area contributed by atoms with Gasteiger partial charge in [0.25, 0.3) is 0 Å². The summed E-state index contributed by atoms with van der Waals surface area (Å²) in [6.07, 6.45) is 5.20. The number of aliphatic hydroxyl groups excluding tert-OH is 9. The van der Waals surface area contributed by atoms with E-state index in [0.717, 1.165) is 18.9 Å². The van der Waals surface area contributed by atoms with Crippen LogP contribution in [-0.2, 0) is 38.6 Å². The number of carbonyl (C=O) groups excluding carboxylic acids is 1. The van der Waals surface area contributed by atoms with E-state index in [-0.39, 0.29) is 53.5 Å². The third kappa shape index (κ3) is 25.2. The number of fused-ring (bicyclic) bond motifs is 2. The molecule has 0 aromatic heterocycles. The van der Waals surface area contributed by atoms with Crippen molar-refractivity contribution in [1.82, 2.24) is 0 Å². The van der Waals surface area contributed by atoms with E-state index in [1.807, 2.05) is 26.0 Å². The number of aliphatic hydroxyl groups is 10. The topological polar surface area (TPSA) is 438 Å². The van der Waals surface area contributed by atoms with Gasteiger partial charge in [0.05, 0.1) is 90.9 Å². The molecule has 26 heteroatoms. The van der Waals surface area contributed by atoms with Crippen molar-refractivity contribution in [3.05, 3.63) is 133 Å². The number of rotatable bonds is 11. The van der Waals surface area contributed by atoms with Crippen molar-refractivity contribution in [2.24, 2.45) is 28.6 Å². The second-order valence-electron chi connectivity index (χ2n) is 23.0. The van der Waals surface area contributed by atoms with Crippen LogP contribution in [0.15, 0.2) is 132 Å². The highest BCUT2D eigenvalue weighted by Crippen LogP contribution is 2.40. The lowest BCUT2D eigenvalue weighted by molar-refractivity contribution is -0.308. The Kier molecular flexibility index (Phi) is 31.8. The number of para-hydroxylation sites is 1. The highest BCUT2D eigenvalue weighted by Gasteiger charge is 2.51. The third-order valence-corrected chi connectivity index (χ3v) is 16.4.